The highest BCUT2D eigenvalue weighted by molar-refractivity contribution is 9.10. The van der Waals surface area contributed by atoms with Crippen molar-refractivity contribution >= 4 is 26.7 Å². The number of nitrogens with two attached hydrogens (primary N) is 1. The van der Waals surface area contributed by atoms with Crippen LogP contribution in [-0.4, -0.2) is 10.8 Å². The Morgan fingerprint density at radius 3 is 2.47 bits per heavy atom. The van der Waals surface area contributed by atoms with Crippen LogP contribution in [0.3, 0.4) is 0 Å². The summed E-state index contributed by atoms with van der Waals surface area (Å²) in [7, 11) is -1.20. The SMILES string of the molecule is NCC(c1ccc(Br)o1)S(=O)c1ccccc1. The fraction of sp³-hybridized carbons (Fsp3) is 0.167. The Hall–Kier alpha value is -0.910. The van der Waals surface area contributed by atoms with Crippen molar-refractivity contribution in [2.45, 2.75) is 10.1 Å². The van der Waals surface area contributed by atoms with Gasteiger partial charge < -0.3 is 10.2 Å². The molecule has 0 aliphatic rings. The molecule has 1 aromatic carbocycles. The van der Waals surface area contributed by atoms with E-state index in [2.05, 4.69) is 15.9 Å². The highest BCUT2D eigenvalue weighted by atomic mass is 79.9. The number of furan rings is 1. The third-order valence-electron chi connectivity index (χ3n) is 2.36. The fourth-order valence-electron chi connectivity index (χ4n) is 1.53. The molecule has 90 valence electrons. The van der Waals surface area contributed by atoms with Crippen LogP contribution in [0.4, 0.5) is 0 Å². The minimum absolute atomic E-state index is 0.279. The maximum Gasteiger partial charge on any atom is 0.169 e. The van der Waals surface area contributed by atoms with Crippen molar-refractivity contribution in [1.29, 1.82) is 0 Å². The Morgan fingerprint density at radius 2 is 1.94 bits per heavy atom. The van der Waals surface area contributed by atoms with E-state index in [9.17, 15) is 4.21 Å². The van der Waals surface area contributed by atoms with E-state index < -0.39 is 10.8 Å². The van der Waals surface area contributed by atoms with Gasteiger partial charge in [0.25, 0.3) is 0 Å². The summed E-state index contributed by atoms with van der Waals surface area (Å²) in [4.78, 5) is 0.760. The van der Waals surface area contributed by atoms with E-state index in [-0.39, 0.29) is 11.8 Å². The van der Waals surface area contributed by atoms with E-state index in [0.29, 0.717) is 10.4 Å². The molecule has 1 heterocycles. The van der Waals surface area contributed by atoms with Crippen molar-refractivity contribution in [3.8, 4) is 0 Å². The Labute approximate surface area is 111 Å². The molecular formula is C12H12BrNO2S. The molecule has 2 N–H and O–H groups in total. The molecule has 5 heteroatoms. The van der Waals surface area contributed by atoms with E-state index in [4.69, 9.17) is 10.2 Å². The third-order valence-corrected chi connectivity index (χ3v) is 4.46. The molecule has 2 rings (SSSR count). The summed E-state index contributed by atoms with van der Waals surface area (Å²) in [5, 5.41) is -0.316. The monoisotopic (exact) mass is 313 g/mol. The van der Waals surface area contributed by atoms with Gasteiger partial charge in [0.05, 0.1) is 10.8 Å². The highest BCUT2D eigenvalue weighted by Gasteiger charge is 2.22. The molecule has 2 unspecified atom stereocenters. The number of hydrogen-bond acceptors (Lipinski definition) is 3. The maximum absolute atomic E-state index is 12.3. The average Bonchev–Trinajstić information content (AvgIpc) is 2.78. The van der Waals surface area contributed by atoms with Gasteiger partial charge in [0.15, 0.2) is 4.67 Å². The summed E-state index contributed by atoms with van der Waals surface area (Å²) in [6.45, 7) is 0.279. The third kappa shape index (κ3) is 2.86. The van der Waals surface area contributed by atoms with Crippen LogP contribution in [0, 0.1) is 0 Å². The average molecular weight is 314 g/mol. The summed E-state index contributed by atoms with van der Waals surface area (Å²) >= 11 is 3.23. The second-order valence-corrected chi connectivity index (χ2v) is 5.89. The van der Waals surface area contributed by atoms with Gasteiger partial charge in [0, 0.05) is 11.4 Å². The molecular weight excluding hydrogens is 302 g/mol. The van der Waals surface area contributed by atoms with E-state index >= 15 is 0 Å². The molecule has 2 aromatic rings. The largest absolute Gasteiger partial charge is 0.453 e. The van der Waals surface area contributed by atoms with Gasteiger partial charge in [0.1, 0.15) is 11.0 Å². The van der Waals surface area contributed by atoms with Crippen LogP contribution >= 0.6 is 15.9 Å². The molecule has 0 fully saturated rings. The molecule has 0 saturated heterocycles. The number of hydrogen-bond donors (Lipinski definition) is 1. The van der Waals surface area contributed by atoms with Crippen LogP contribution < -0.4 is 5.73 Å². The molecule has 0 aliphatic carbocycles. The molecule has 0 aliphatic heterocycles. The van der Waals surface area contributed by atoms with Gasteiger partial charge in [-0.05, 0) is 40.2 Å². The minimum atomic E-state index is -1.20. The van der Waals surface area contributed by atoms with E-state index in [1.165, 1.54) is 0 Å². The van der Waals surface area contributed by atoms with Crippen molar-refractivity contribution in [2.24, 2.45) is 5.73 Å². The summed E-state index contributed by atoms with van der Waals surface area (Å²) in [5.74, 6) is 0.640. The quantitative estimate of drug-likeness (QED) is 0.944. The molecule has 0 radical (unpaired) electrons. The standard InChI is InChI=1S/C12H12BrNO2S/c13-12-7-6-10(16-12)11(8-14)17(15)9-4-2-1-3-5-9/h1-7,11H,8,14H2. The van der Waals surface area contributed by atoms with Gasteiger partial charge in [-0.3, -0.25) is 4.21 Å². The van der Waals surface area contributed by atoms with Gasteiger partial charge in [-0.1, -0.05) is 18.2 Å². The lowest BCUT2D eigenvalue weighted by Crippen LogP contribution is -2.17. The first-order valence-electron chi connectivity index (χ1n) is 5.13. The second-order valence-electron chi connectivity index (χ2n) is 3.48. The van der Waals surface area contributed by atoms with Crippen LogP contribution in [0.1, 0.15) is 11.0 Å². The van der Waals surface area contributed by atoms with Gasteiger partial charge in [-0.15, -0.1) is 0 Å². The molecule has 3 nitrogen and oxygen atoms in total. The van der Waals surface area contributed by atoms with Crippen molar-refractivity contribution < 1.29 is 8.63 Å². The lowest BCUT2D eigenvalue weighted by Gasteiger charge is -2.11. The van der Waals surface area contributed by atoms with Crippen LogP contribution in [0.5, 0.6) is 0 Å². The second kappa shape index (κ2) is 5.62. The number of rotatable bonds is 4. The Morgan fingerprint density at radius 1 is 1.24 bits per heavy atom. The molecule has 0 spiro atoms. The molecule has 0 amide bonds. The van der Waals surface area contributed by atoms with E-state index in [1.54, 1.807) is 12.1 Å². The summed E-state index contributed by atoms with van der Waals surface area (Å²) in [6, 6.07) is 12.8. The Bertz CT molecular complexity index is 512. The summed E-state index contributed by atoms with van der Waals surface area (Å²) < 4.78 is 18.4. The minimum Gasteiger partial charge on any atom is -0.453 e. The van der Waals surface area contributed by atoms with Gasteiger partial charge >= 0.3 is 0 Å². The van der Waals surface area contributed by atoms with E-state index in [0.717, 1.165) is 4.90 Å². The van der Waals surface area contributed by atoms with Crippen LogP contribution in [0.15, 0.2) is 56.4 Å². The van der Waals surface area contributed by atoms with Crippen molar-refractivity contribution in [3.05, 3.63) is 52.9 Å². The molecule has 2 atom stereocenters. The van der Waals surface area contributed by atoms with Crippen LogP contribution in [0.25, 0.3) is 0 Å². The Kier molecular flexibility index (Phi) is 4.15. The first-order chi connectivity index (χ1) is 8.22. The first kappa shape index (κ1) is 12.5. The molecule has 17 heavy (non-hydrogen) atoms. The van der Waals surface area contributed by atoms with Crippen molar-refractivity contribution in [3.63, 3.8) is 0 Å². The predicted octanol–water partition coefficient (Wildman–Crippen LogP) is 2.85. The first-order valence-corrected chi connectivity index (χ1v) is 7.14. The molecule has 0 bridgehead atoms. The topological polar surface area (TPSA) is 56.2 Å². The molecule has 1 aromatic heterocycles. The normalized spacial score (nSPS) is 14.5. The van der Waals surface area contributed by atoms with Crippen molar-refractivity contribution in [1.82, 2.24) is 0 Å². The summed E-state index contributed by atoms with van der Waals surface area (Å²) in [6.07, 6.45) is 0. The zero-order valence-corrected chi connectivity index (χ0v) is 11.4. The van der Waals surface area contributed by atoms with Crippen molar-refractivity contribution in [2.75, 3.05) is 6.54 Å². The zero-order chi connectivity index (χ0) is 12.3. The van der Waals surface area contributed by atoms with Crippen LogP contribution in [0.2, 0.25) is 0 Å². The lowest BCUT2D eigenvalue weighted by atomic mass is 10.3. The molecule has 0 saturated carbocycles. The summed E-state index contributed by atoms with van der Waals surface area (Å²) in [5.41, 5.74) is 5.68. The smallest absolute Gasteiger partial charge is 0.169 e. The van der Waals surface area contributed by atoms with Gasteiger partial charge in [0.2, 0.25) is 0 Å². The van der Waals surface area contributed by atoms with E-state index in [1.807, 2.05) is 30.3 Å². The lowest BCUT2D eigenvalue weighted by molar-refractivity contribution is 0.482. The zero-order valence-electron chi connectivity index (χ0n) is 9.01. The van der Waals surface area contributed by atoms with Gasteiger partial charge in [-0.2, -0.15) is 0 Å². The van der Waals surface area contributed by atoms with Gasteiger partial charge in [-0.25, -0.2) is 0 Å². The Balaban J connectivity index is 2.28. The highest BCUT2D eigenvalue weighted by Crippen LogP contribution is 2.27. The number of benzene rings is 1. The predicted molar refractivity (Wildman–Crippen MR) is 71.1 cm³/mol. The maximum atomic E-state index is 12.3. The number of halogens is 1. The fourth-order valence-corrected chi connectivity index (χ4v) is 3.11. The van der Waals surface area contributed by atoms with Crippen LogP contribution in [-0.2, 0) is 10.8 Å².